The number of ether oxygens (including phenoxy) is 6. The van der Waals surface area contributed by atoms with Crippen LogP contribution in [-0.4, -0.2) is 61.2 Å². The molecular weight excluding hydrogens is 436 g/mol. The molecule has 0 spiro atoms. The first-order valence-electron chi connectivity index (χ1n) is 10.2. The van der Waals surface area contributed by atoms with Gasteiger partial charge in [-0.15, -0.1) is 0 Å². The van der Waals surface area contributed by atoms with Gasteiger partial charge in [-0.05, 0) is 11.1 Å². The van der Waals surface area contributed by atoms with Gasteiger partial charge in [0.25, 0.3) is 0 Å². The average Bonchev–Trinajstić information content (AvgIpc) is 2.73. The van der Waals surface area contributed by atoms with Gasteiger partial charge in [-0.3, -0.25) is 19.2 Å². The summed E-state index contributed by atoms with van der Waals surface area (Å²) in [5.41, 5.74) is 1.71. The Morgan fingerprint density at radius 2 is 1.39 bits per heavy atom. The summed E-state index contributed by atoms with van der Waals surface area (Å²) < 4.78 is 32.8. The molecule has 0 bridgehead atoms. The monoisotopic (exact) mass is 464 g/mol. The molecule has 0 N–H and O–H groups in total. The van der Waals surface area contributed by atoms with Gasteiger partial charge in [0.05, 0.1) is 6.61 Å². The van der Waals surface area contributed by atoms with Crippen molar-refractivity contribution in [3.8, 4) is 0 Å². The lowest BCUT2D eigenvalue weighted by Gasteiger charge is -2.44. The molecule has 5 atom stereocenters. The van der Waals surface area contributed by atoms with Crippen molar-refractivity contribution in [2.24, 2.45) is 0 Å². The maximum absolute atomic E-state index is 11.8. The third-order valence-corrected chi connectivity index (χ3v) is 4.58. The van der Waals surface area contributed by atoms with Crippen LogP contribution in [0.5, 0.6) is 0 Å². The van der Waals surface area contributed by atoms with E-state index in [0.717, 1.165) is 25.0 Å². The molecule has 2 rings (SSSR count). The number of esters is 4. The Hall–Kier alpha value is -3.24. The largest absolute Gasteiger partial charge is 0.463 e. The van der Waals surface area contributed by atoms with Crippen LogP contribution in [0.4, 0.5) is 0 Å². The van der Waals surface area contributed by atoms with E-state index in [2.05, 4.69) is 6.58 Å². The van der Waals surface area contributed by atoms with Crippen molar-refractivity contribution < 1.29 is 47.6 Å². The smallest absolute Gasteiger partial charge is 0.303 e. The van der Waals surface area contributed by atoms with Gasteiger partial charge in [0.15, 0.2) is 24.6 Å². The van der Waals surface area contributed by atoms with E-state index in [1.54, 1.807) is 6.08 Å². The number of carbonyl (C=O) groups is 4. The third-order valence-electron chi connectivity index (χ3n) is 4.58. The normalized spacial score (nSPS) is 24.3. The molecule has 1 aromatic rings. The summed E-state index contributed by atoms with van der Waals surface area (Å²) >= 11 is 0. The summed E-state index contributed by atoms with van der Waals surface area (Å²) in [5.74, 6) is -2.69. The Labute approximate surface area is 191 Å². The molecule has 10 nitrogen and oxygen atoms in total. The van der Waals surface area contributed by atoms with E-state index in [1.165, 1.54) is 13.8 Å². The van der Waals surface area contributed by atoms with Crippen LogP contribution in [0, 0.1) is 0 Å². The summed E-state index contributed by atoms with van der Waals surface area (Å²) in [6.07, 6.45) is -4.31. The maximum atomic E-state index is 11.8. The third kappa shape index (κ3) is 7.99. The quantitative estimate of drug-likeness (QED) is 0.395. The highest BCUT2D eigenvalue weighted by Crippen LogP contribution is 2.30. The number of benzene rings is 1. The number of carbonyl (C=O) groups excluding carboxylic acids is 4. The molecule has 1 aliphatic heterocycles. The second-order valence-corrected chi connectivity index (χ2v) is 7.32. The fourth-order valence-electron chi connectivity index (χ4n) is 3.25. The summed E-state index contributed by atoms with van der Waals surface area (Å²) in [6.45, 7) is 8.13. The fourth-order valence-corrected chi connectivity index (χ4v) is 3.25. The molecule has 0 aromatic heterocycles. The molecule has 1 heterocycles. The Balaban J connectivity index is 2.34. The van der Waals surface area contributed by atoms with Crippen molar-refractivity contribution in [3.05, 3.63) is 42.0 Å². The first kappa shape index (κ1) is 26.0. The molecule has 1 fully saturated rings. The van der Waals surface area contributed by atoms with E-state index < -0.39 is 54.6 Å². The van der Waals surface area contributed by atoms with Crippen LogP contribution >= 0.6 is 0 Å². The van der Waals surface area contributed by atoms with Crippen LogP contribution in [0.1, 0.15) is 38.8 Å². The van der Waals surface area contributed by atoms with Crippen molar-refractivity contribution in [3.63, 3.8) is 0 Å². The van der Waals surface area contributed by atoms with Gasteiger partial charge >= 0.3 is 23.9 Å². The molecule has 0 saturated carbocycles. The van der Waals surface area contributed by atoms with Crippen molar-refractivity contribution in [1.82, 2.24) is 0 Å². The van der Waals surface area contributed by atoms with E-state index >= 15 is 0 Å². The standard InChI is InChI=1S/C23H28O10/c1-6-17-7-9-18(10-8-17)11-29-23-22(32-16(5)27)21(31-15(4)26)20(30-14(3)25)19(33-23)12-28-13(2)24/h6-10,19-23H,1,11-12H2,2-5H3/t19-,20-,21+,22-,23-/m1/s1. The maximum Gasteiger partial charge on any atom is 0.303 e. The molecule has 180 valence electrons. The van der Waals surface area contributed by atoms with E-state index in [0.29, 0.717) is 0 Å². The van der Waals surface area contributed by atoms with Crippen LogP contribution in [0.3, 0.4) is 0 Å². The second-order valence-electron chi connectivity index (χ2n) is 7.32. The topological polar surface area (TPSA) is 124 Å². The van der Waals surface area contributed by atoms with Crippen LogP contribution in [0.15, 0.2) is 30.8 Å². The van der Waals surface area contributed by atoms with Crippen molar-refractivity contribution in [2.75, 3.05) is 6.61 Å². The van der Waals surface area contributed by atoms with Gasteiger partial charge in [0.1, 0.15) is 12.7 Å². The van der Waals surface area contributed by atoms with Gasteiger partial charge in [-0.25, -0.2) is 0 Å². The Morgan fingerprint density at radius 3 is 1.91 bits per heavy atom. The zero-order valence-electron chi connectivity index (χ0n) is 19.0. The minimum absolute atomic E-state index is 0.0607. The van der Waals surface area contributed by atoms with E-state index in [-0.39, 0.29) is 13.2 Å². The molecule has 33 heavy (non-hydrogen) atoms. The van der Waals surface area contributed by atoms with Crippen LogP contribution in [-0.2, 0) is 54.2 Å². The molecule has 0 amide bonds. The summed E-state index contributed by atoms with van der Waals surface area (Å²) in [5, 5.41) is 0. The van der Waals surface area contributed by atoms with Crippen LogP contribution in [0.2, 0.25) is 0 Å². The molecule has 1 aromatic carbocycles. The van der Waals surface area contributed by atoms with Crippen molar-refractivity contribution >= 4 is 30.0 Å². The highest BCUT2D eigenvalue weighted by Gasteiger charge is 2.52. The number of rotatable bonds is 9. The average molecular weight is 464 g/mol. The minimum atomic E-state index is -1.27. The van der Waals surface area contributed by atoms with Crippen molar-refractivity contribution in [2.45, 2.75) is 65.0 Å². The summed E-state index contributed by atoms with van der Waals surface area (Å²) in [7, 11) is 0. The Bertz CT molecular complexity index is 862. The number of hydrogen-bond donors (Lipinski definition) is 0. The van der Waals surface area contributed by atoms with Crippen LogP contribution < -0.4 is 0 Å². The fraction of sp³-hybridized carbons (Fsp3) is 0.478. The lowest BCUT2D eigenvalue weighted by atomic mass is 9.98. The highest BCUT2D eigenvalue weighted by atomic mass is 16.7. The first-order valence-corrected chi connectivity index (χ1v) is 10.2. The summed E-state index contributed by atoms with van der Waals surface area (Å²) in [4.78, 5) is 46.7. The van der Waals surface area contributed by atoms with Gasteiger partial charge in [-0.2, -0.15) is 0 Å². The van der Waals surface area contributed by atoms with E-state index in [4.69, 9.17) is 28.4 Å². The van der Waals surface area contributed by atoms with E-state index in [1.807, 2.05) is 24.3 Å². The molecule has 0 radical (unpaired) electrons. The Kier molecular flexibility index (Phi) is 9.56. The lowest BCUT2D eigenvalue weighted by Crippen LogP contribution is -2.62. The molecule has 1 saturated heterocycles. The molecular formula is C23H28O10. The molecule has 0 aliphatic carbocycles. The SMILES string of the molecule is C=Cc1ccc(CO[C@@H]2O[C@H](COC(C)=O)[C@@H](OC(C)=O)[C@H](OC(C)=O)[C@H]2OC(C)=O)cc1. The molecule has 10 heteroatoms. The highest BCUT2D eigenvalue weighted by molar-refractivity contribution is 5.68. The van der Waals surface area contributed by atoms with Gasteiger partial charge in [0, 0.05) is 27.7 Å². The predicted molar refractivity (Wildman–Crippen MR) is 113 cm³/mol. The minimum Gasteiger partial charge on any atom is -0.463 e. The van der Waals surface area contributed by atoms with Crippen molar-refractivity contribution in [1.29, 1.82) is 0 Å². The van der Waals surface area contributed by atoms with Gasteiger partial charge in [-0.1, -0.05) is 36.9 Å². The summed E-state index contributed by atoms with van der Waals surface area (Å²) in [6, 6.07) is 7.34. The lowest BCUT2D eigenvalue weighted by molar-refractivity contribution is -0.310. The van der Waals surface area contributed by atoms with Gasteiger partial charge < -0.3 is 28.4 Å². The second kappa shape index (κ2) is 12.1. The zero-order valence-corrected chi connectivity index (χ0v) is 19.0. The number of hydrogen-bond acceptors (Lipinski definition) is 10. The van der Waals surface area contributed by atoms with Gasteiger partial charge in [0.2, 0.25) is 0 Å². The first-order chi connectivity index (χ1) is 15.6. The van der Waals surface area contributed by atoms with E-state index in [9.17, 15) is 19.2 Å². The predicted octanol–water partition coefficient (Wildman–Crippen LogP) is 1.93. The zero-order chi connectivity index (χ0) is 24.5. The molecule has 0 unspecified atom stereocenters. The Morgan fingerprint density at radius 1 is 0.848 bits per heavy atom. The van der Waals surface area contributed by atoms with Crippen LogP contribution in [0.25, 0.3) is 6.08 Å². The molecule has 1 aliphatic rings.